The second-order valence-corrected chi connectivity index (χ2v) is 11.7. The third-order valence-electron chi connectivity index (χ3n) is 6.44. The molecule has 2 aromatic rings. The molecule has 0 saturated carbocycles. The van der Waals surface area contributed by atoms with Crippen LogP contribution in [-0.2, 0) is 32.5 Å². The summed E-state index contributed by atoms with van der Waals surface area (Å²) in [6.07, 6.45) is 4.23. The van der Waals surface area contributed by atoms with Crippen LogP contribution in [-0.4, -0.2) is 62.2 Å². The first kappa shape index (κ1) is 25.3. The Bertz CT molecular complexity index is 1230. The number of benzene rings is 1. The number of amides is 2. The summed E-state index contributed by atoms with van der Waals surface area (Å²) >= 11 is 1.25. The molecule has 1 fully saturated rings. The maximum atomic E-state index is 13.0. The van der Waals surface area contributed by atoms with Crippen molar-refractivity contribution in [2.45, 2.75) is 50.5 Å². The first-order chi connectivity index (χ1) is 16.7. The molecule has 2 aliphatic rings. The topological polar surface area (TPSA) is 113 Å². The summed E-state index contributed by atoms with van der Waals surface area (Å²) in [6, 6.07) is 5.84. The van der Waals surface area contributed by atoms with Gasteiger partial charge in [0, 0.05) is 37.0 Å². The molecule has 188 valence electrons. The van der Waals surface area contributed by atoms with Crippen molar-refractivity contribution in [3.8, 4) is 0 Å². The zero-order chi connectivity index (χ0) is 25.2. The number of methoxy groups -OCH3 is 1. The van der Waals surface area contributed by atoms with Gasteiger partial charge in [-0.05, 0) is 49.1 Å². The number of anilines is 1. The van der Waals surface area contributed by atoms with Gasteiger partial charge in [-0.3, -0.25) is 9.59 Å². The monoisotopic (exact) mass is 519 g/mol. The quantitative estimate of drug-likeness (QED) is 0.607. The number of hydrogen-bond donors (Lipinski definition) is 1. The van der Waals surface area contributed by atoms with Crippen molar-refractivity contribution < 1.29 is 27.5 Å². The van der Waals surface area contributed by atoms with E-state index in [0.29, 0.717) is 43.2 Å². The fourth-order valence-corrected chi connectivity index (χ4v) is 7.23. The summed E-state index contributed by atoms with van der Waals surface area (Å²) in [5, 5.41) is 3.15. The van der Waals surface area contributed by atoms with Gasteiger partial charge in [0.05, 0.1) is 24.1 Å². The Hall–Kier alpha value is -2.76. The number of fused-ring (bicyclic) bond motifs is 1. The van der Waals surface area contributed by atoms with Crippen LogP contribution in [0.3, 0.4) is 0 Å². The first-order valence-electron chi connectivity index (χ1n) is 11.6. The zero-order valence-electron chi connectivity index (χ0n) is 19.8. The van der Waals surface area contributed by atoms with Crippen molar-refractivity contribution in [3.63, 3.8) is 0 Å². The van der Waals surface area contributed by atoms with Crippen LogP contribution in [0.2, 0.25) is 0 Å². The van der Waals surface area contributed by atoms with E-state index in [4.69, 9.17) is 4.74 Å². The van der Waals surface area contributed by atoms with Crippen molar-refractivity contribution in [1.82, 2.24) is 9.21 Å². The predicted molar refractivity (Wildman–Crippen MR) is 132 cm³/mol. The summed E-state index contributed by atoms with van der Waals surface area (Å²) in [6.45, 7) is 3.37. The lowest BCUT2D eigenvalue weighted by atomic mass is 10.0. The molecule has 4 rings (SSSR count). The smallest absolute Gasteiger partial charge is 0.341 e. The van der Waals surface area contributed by atoms with Crippen molar-refractivity contribution >= 4 is 44.1 Å². The Kier molecular flexibility index (Phi) is 7.58. The van der Waals surface area contributed by atoms with E-state index < -0.39 is 21.9 Å². The lowest BCUT2D eigenvalue weighted by Crippen LogP contribution is -2.33. The summed E-state index contributed by atoms with van der Waals surface area (Å²) in [4.78, 5) is 40.0. The number of esters is 1. The Morgan fingerprint density at radius 1 is 1.00 bits per heavy atom. The van der Waals surface area contributed by atoms with Gasteiger partial charge >= 0.3 is 5.97 Å². The number of carbonyl (C=O) groups is 3. The normalized spacial score (nSPS) is 16.8. The minimum atomic E-state index is -3.61. The molecule has 0 aliphatic carbocycles. The van der Waals surface area contributed by atoms with Crippen LogP contribution in [0.25, 0.3) is 0 Å². The SMILES string of the molecule is COC(=O)c1c(NC(=O)c2ccc(S(=O)(=O)N3CCCCCC3)cc2)sc2c1CCN(C(C)=O)C2. The molecule has 35 heavy (non-hydrogen) atoms. The van der Waals surface area contributed by atoms with Crippen LogP contribution in [0.4, 0.5) is 5.00 Å². The van der Waals surface area contributed by atoms with Gasteiger partial charge in [-0.1, -0.05) is 12.8 Å². The van der Waals surface area contributed by atoms with Gasteiger partial charge in [0.15, 0.2) is 0 Å². The Morgan fingerprint density at radius 3 is 2.26 bits per heavy atom. The number of carbonyl (C=O) groups excluding carboxylic acids is 3. The third kappa shape index (κ3) is 5.26. The molecular formula is C24H29N3O6S2. The van der Waals surface area contributed by atoms with Crippen LogP contribution in [0, 0.1) is 0 Å². The molecule has 3 heterocycles. The van der Waals surface area contributed by atoms with E-state index in [0.717, 1.165) is 36.1 Å². The molecule has 2 aliphatic heterocycles. The molecular weight excluding hydrogens is 490 g/mol. The highest BCUT2D eigenvalue weighted by molar-refractivity contribution is 7.89. The molecule has 0 spiro atoms. The van der Waals surface area contributed by atoms with E-state index in [9.17, 15) is 22.8 Å². The molecule has 0 unspecified atom stereocenters. The molecule has 0 atom stereocenters. The molecule has 1 N–H and O–H groups in total. The fourth-order valence-electron chi connectivity index (χ4n) is 4.46. The fraction of sp³-hybridized carbons (Fsp3) is 0.458. The molecule has 0 bridgehead atoms. The Balaban J connectivity index is 1.55. The van der Waals surface area contributed by atoms with E-state index >= 15 is 0 Å². The highest BCUT2D eigenvalue weighted by Crippen LogP contribution is 2.38. The van der Waals surface area contributed by atoms with Gasteiger partial charge in [0.1, 0.15) is 5.00 Å². The summed E-state index contributed by atoms with van der Waals surface area (Å²) < 4.78 is 32.5. The number of rotatable bonds is 5. The Morgan fingerprint density at radius 2 is 1.66 bits per heavy atom. The first-order valence-corrected chi connectivity index (χ1v) is 13.9. The number of hydrogen-bond acceptors (Lipinski definition) is 7. The van der Waals surface area contributed by atoms with E-state index in [1.165, 1.54) is 53.9 Å². The molecule has 1 aromatic carbocycles. The summed E-state index contributed by atoms with van der Waals surface area (Å²) in [7, 11) is -2.33. The molecule has 2 amide bonds. The van der Waals surface area contributed by atoms with Crippen LogP contribution >= 0.6 is 11.3 Å². The van der Waals surface area contributed by atoms with Gasteiger partial charge in [-0.25, -0.2) is 13.2 Å². The van der Waals surface area contributed by atoms with Crippen molar-refractivity contribution in [2.24, 2.45) is 0 Å². The van der Waals surface area contributed by atoms with E-state index in [1.54, 1.807) is 4.90 Å². The number of sulfonamides is 1. The van der Waals surface area contributed by atoms with Crippen molar-refractivity contribution in [3.05, 3.63) is 45.8 Å². The van der Waals surface area contributed by atoms with Gasteiger partial charge in [-0.15, -0.1) is 11.3 Å². The number of thiophene rings is 1. The van der Waals surface area contributed by atoms with Gasteiger partial charge in [0.25, 0.3) is 5.91 Å². The van der Waals surface area contributed by atoms with Gasteiger partial charge in [-0.2, -0.15) is 4.31 Å². The molecule has 1 aromatic heterocycles. The standard InChI is InChI=1S/C24H29N3O6S2/c1-16(28)26-14-11-19-20(15-26)34-23(21(19)24(30)33-2)25-22(29)17-7-9-18(10-8-17)35(31,32)27-12-5-3-4-6-13-27/h7-10H,3-6,11-15H2,1-2H3,(H,25,29). The second-order valence-electron chi connectivity index (χ2n) is 8.69. The highest BCUT2D eigenvalue weighted by atomic mass is 32.2. The maximum absolute atomic E-state index is 13.0. The van der Waals surface area contributed by atoms with Crippen molar-refractivity contribution in [2.75, 3.05) is 32.1 Å². The zero-order valence-corrected chi connectivity index (χ0v) is 21.5. The second kappa shape index (κ2) is 10.5. The predicted octanol–water partition coefficient (Wildman–Crippen LogP) is 3.26. The molecule has 0 radical (unpaired) electrons. The number of nitrogens with one attached hydrogen (secondary N) is 1. The number of ether oxygens (including phenoxy) is 1. The van der Waals surface area contributed by atoms with E-state index in [1.807, 2.05) is 0 Å². The number of nitrogens with zero attached hydrogens (tertiary/aromatic N) is 2. The molecule has 1 saturated heterocycles. The maximum Gasteiger partial charge on any atom is 0.341 e. The van der Waals surface area contributed by atoms with Gasteiger partial charge < -0.3 is 15.0 Å². The largest absolute Gasteiger partial charge is 0.465 e. The van der Waals surface area contributed by atoms with Crippen LogP contribution in [0.15, 0.2) is 29.2 Å². The average Bonchev–Trinajstić information content (AvgIpc) is 3.00. The van der Waals surface area contributed by atoms with Crippen molar-refractivity contribution in [1.29, 1.82) is 0 Å². The van der Waals surface area contributed by atoms with E-state index in [-0.39, 0.29) is 16.4 Å². The summed E-state index contributed by atoms with van der Waals surface area (Å²) in [5.74, 6) is -1.06. The van der Waals surface area contributed by atoms with E-state index in [2.05, 4.69) is 5.32 Å². The van der Waals surface area contributed by atoms with Gasteiger partial charge in [0.2, 0.25) is 15.9 Å². The minimum Gasteiger partial charge on any atom is -0.465 e. The molecule has 9 nitrogen and oxygen atoms in total. The highest BCUT2D eigenvalue weighted by Gasteiger charge is 2.30. The Labute approximate surface area is 209 Å². The lowest BCUT2D eigenvalue weighted by Gasteiger charge is -2.25. The van der Waals surface area contributed by atoms with Crippen LogP contribution in [0.1, 0.15) is 63.8 Å². The average molecular weight is 520 g/mol. The molecule has 11 heteroatoms. The summed E-state index contributed by atoms with van der Waals surface area (Å²) in [5.41, 5.74) is 1.37. The third-order valence-corrected chi connectivity index (χ3v) is 9.48. The van der Waals surface area contributed by atoms with Crippen LogP contribution < -0.4 is 5.32 Å². The van der Waals surface area contributed by atoms with Crippen LogP contribution in [0.5, 0.6) is 0 Å². The lowest BCUT2D eigenvalue weighted by molar-refractivity contribution is -0.129. The minimum absolute atomic E-state index is 0.0514.